The van der Waals surface area contributed by atoms with Crippen LogP contribution in [0.1, 0.15) is 23.3 Å². The van der Waals surface area contributed by atoms with E-state index in [4.69, 9.17) is 10.5 Å². The third-order valence-electron chi connectivity index (χ3n) is 2.93. The Bertz CT molecular complexity index is 391. The molecule has 2 rings (SSSR count). The van der Waals surface area contributed by atoms with E-state index >= 15 is 0 Å². The minimum Gasteiger partial charge on any atom is -0.384 e. The summed E-state index contributed by atoms with van der Waals surface area (Å²) in [4.78, 5) is 13.8. The lowest BCUT2D eigenvalue weighted by atomic mass is 9.99. The molecule has 0 aromatic carbocycles. The van der Waals surface area contributed by atoms with E-state index in [1.807, 2.05) is 0 Å². The van der Waals surface area contributed by atoms with Crippen LogP contribution >= 0.6 is 0 Å². The molecule has 1 amide bonds. The highest BCUT2D eigenvalue weighted by Crippen LogP contribution is 2.19. The van der Waals surface area contributed by atoms with Crippen LogP contribution in [0.15, 0.2) is 4.63 Å². The van der Waals surface area contributed by atoms with E-state index in [2.05, 4.69) is 14.9 Å². The highest BCUT2D eigenvalue weighted by Gasteiger charge is 2.27. The fourth-order valence-corrected chi connectivity index (χ4v) is 2.11. The number of piperidine rings is 1. The van der Waals surface area contributed by atoms with E-state index < -0.39 is 0 Å². The molecule has 1 atom stereocenters. The SMILES string of the molecule is COCC1CCCN(C(=O)c2nonc2N)C1. The Hall–Kier alpha value is -1.63. The van der Waals surface area contributed by atoms with Gasteiger partial charge < -0.3 is 15.4 Å². The van der Waals surface area contributed by atoms with Crippen LogP contribution in [0.5, 0.6) is 0 Å². The Kier molecular flexibility index (Phi) is 3.58. The molecule has 1 fully saturated rings. The molecule has 94 valence electrons. The molecule has 17 heavy (non-hydrogen) atoms. The summed E-state index contributed by atoms with van der Waals surface area (Å²) >= 11 is 0. The Morgan fingerprint density at radius 1 is 1.65 bits per heavy atom. The molecule has 0 aliphatic carbocycles. The summed E-state index contributed by atoms with van der Waals surface area (Å²) in [6.07, 6.45) is 2.04. The first kappa shape index (κ1) is 11.8. The van der Waals surface area contributed by atoms with Gasteiger partial charge in [-0.05, 0) is 29.1 Å². The molecule has 0 spiro atoms. The van der Waals surface area contributed by atoms with Crippen LogP contribution in [0.4, 0.5) is 5.82 Å². The number of carbonyl (C=O) groups excluding carboxylic acids is 1. The maximum atomic E-state index is 12.1. The predicted molar refractivity (Wildman–Crippen MR) is 59.2 cm³/mol. The summed E-state index contributed by atoms with van der Waals surface area (Å²) in [6, 6.07) is 0. The number of rotatable bonds is 3. The van der Waals surface area contributed by atoms with Crippen LogP contribution in [0.2, 0.25) is 0 Å². The average molecular weight is 240 g/mol. The summed E-state index contributed by atoms with van der Waals surface area (Å²) in [6.45, 7) is 2.04. The first-order valence-electron chi connectivity index (χ1n) is 5.58. The predicted octanol–water partition coefficient (Wildman–Crippen LogP) is 0.150. The molecule has 1 unspecified atom stereocenters. The van der Waals surface area contributed by atoms with Gasteiger partial charge in [-0.25, -0.2) is 4.63 Å². The van der Waals surface area contributed by atoms with Crippen LogP contribution in [0.3, 0.4) is 0 Å². The van der Waals surface area contributed by atoms with Gasteiger partial charge >= 0.3 is 0 Å². The van der Waals surface area contributed by atoms with Crippen LogP contribution in [-0.4, -0.2) is 47.9 Å². The number of methoxy groups -OCH3 is 1. The van der Waals surface area contributed by atoms with E-state index in [0.717, 1.165) is 12.8 Å². The smallest absolute Gasteiger partial charge is 0.280 e. The summed E-state index contributed by atoms with van der Waals surface area (Å²) in [5.74, 6) is 0.201. The largest absolute Gasteiger partial charge is 0.384 e. The number of likely N-dealkylation sites (tertiary alicyclic amines) is 1. The van der Waals surface area contributed by atoms with Crippen molar-refractivity contribution in [1.82, 2.24) is 15.2 Å². The summed E-state index contributed by atoms with van der Waals surface area (Å²) < 4.78 is 9.55. The molecule has 2 heterocycles. The number of hydrogen-bond acceptors (Lipinski definition) is 6. The van der Waals surface area contributed by atoms with Gasteiger partial charge in [0.2, 0.25) is 11.5 Å². The van der Waals surface area contributed by atoms with E-state index in [1.54, 1.807) is 12.0 Å². The second-order valence-corrected chi connectivity index (χ2v) is 4.21. The lowest BCUT2D eigenvalue weighted by molar-refractivity contribution is 0.0562. The van der Waals surface area contributed by atoms with E-state index in [1.165, 1.54) is 0 Å². The maximum absolute atomic E-state index is 12.1. The Morgan fingerprint density at radius 3 is 3.12 bits per heavy atom. The summed E-state index contributed by atoms with van der Waals surface area (Å²) in [5, 5.41) is 6.94. The molecule has 0 saturated carbocycles. The Labute approximate surface area is 98.9 Å². The van der Waals surface area contributed by atoms with Gasteiger partial charge in [0.05, 0.1) is 6.61 Å². The van der Waals surface area contributed by atoms with Gasteiger partial charge in [0, 0.05) is 20.2 Å². The average Bonchev–Trinajstić information content (AvgIpc) is 2.75. The number of nitrogens with two attached hydrogens (primary N) is 1. The van der Waals surface area contributed by atoms with Crippen molar-refractivity contribution < 1.29 is 14.2 Å². The minimum atomic E-state index is -0.218. The number of aromatic nitrogens is 2. The van der Waals surface area contributed by atoms with Crippen LogP contribution in [0, 0.1) is 5.92 Å². The number of nitrogens with zero attached hydrogens (tertiary/aromatic N) is 3. The van der Waals surface area contributed by atoms with Crippen LogP contribution in [0.25, 0.3) is 0 Å². The van der Waals surface area contributed by atoms with E-state index in [9.17, 15) is 4.79 Å². The molecule has 0 radical (unpaired) electrons. The number of anilines is 1. The molecule has 1 aliphatic rings. The molecule has 7 heteroatoms. The third-order valence-corrected chi connectivity index (χ3v) is 2.93. The fourth-order valence-electron chi connectivity index (χ4n) is 2.11. The molecule has 2 N–H and O–H groups in total. The second-order valence-electron chi connectivity index (χ2n) is 4.21. The van der Waals surface area contributed by atoms with Gasteiger partial charge in [0.25, 0.3) is 5.91 Å². The lowest BCUT2D eigenvalue weighted by Crippen LogP contribution is -2.41. The zero-order valence-corrected chi connectivity index (χ0v) is 9.76. The van der Waals surface area contributed by atoms with Crippen molar-refractivity contribution in [2.24, 2.45) is 5.92 Å². The van der Waals surface area contributed by atoms with Crippen molar-refractivity contribution in [3.05, 3.63) is 5.69 Å². The minimum absolute atomic E-state index is 0.0452. The van der Waals surface area contributed by atoms with Gasteiger partial charge in [-0.2, -0.15) is 0 Å². The molecule has 0 bridgehead atoms. The number of nitrogen functional groups attached to an aromatic ring is 1. The molecule has 1 aromatic heterocycles. The van der Waals surface area contributed by atoms with Crippen molar-refractivity contribution in [3.8, 4) is 0 Å². The molecule has 1 saturated heterocycles. The topological polar surface area (TPSA) is 94.5 Å². The number of amides is 1. The Balaban J connectivity index is 2.02. The van der Waals surface area contributed by atoms with Crippen molar-refractivity contribution >= 4 is 11.7 Å². The lowest BCUT2D eigenvalue weighted by Gasteiger charge is -2.31. The third kappa shape index (κ3) is 2.55. The standard InChI is InChI=1S/C10H16N4O3/c1-16-6-7-3-2-4-14(5-7)10(15)8-9(11)13-17-12-8/h7H,2-6H2,1H3,(H2,11,13). The Morgan fingerprint density at radius 2 is 2.47 bits per heavy atom. The van der Waals surface area contributed by atoms with Crippen molar-refractivity contribution in [2.75, 3.05) is 32.5 Å². The monoisotopic (exact) mass is 240 g/mol. The maximum Gasteiger partial charge on any atom is 0.280 e. The highest BCUT2D eigenvalue weighted by atomic mass is 16.6. The van der Waals surface area contributed by atoms with Gasteiger partial charge in [-0.15, -0.1) is 0 Å². The quantitative estimate of drug-likeness (QED) is 0.808. The van der Waals surface area contributed by atoms with Crippen LogP contribution < -0.4 is 5.73 Å². The summed E-state index contributed by atoms with van der Waals surface area (Å²) in [5.41, 5.74) is 5.60. The molecule has 1 aliphatic heterocycles. The number of hydrogen-bond donors (Lipinski definition) is 1. The van der Waals surface area contributed by atoms with E-state index in [-0.39, 0.29) is 17.4 Å². The van der Waals surface area contributed by atoms with Crippen molar-refractivity contribution in [3.63, 3.8) is 0 Å². The van der Waals surface area contributed by atoms with Gasteiger partial charge in [-0.3, -0.25) is 4.79 Å². The van der Waals surface area contributed by atoms with Gasteiger partial charge in [0.15, 0.2) is 0 Å². The second kappa shape index (κ2) is 5.13. The highest BCUT2D eigenvalue weighted by molar-refractivity contribution is 5.96. The van der Waals surface area contributed by atoms with E-state index in [0.29, 0.717) is 25.6 Å². The van der Waals surface area contributed by atoms with Crippen molar-refractivity contribution in [1.29, 1.82) is 0 Å². The van der Waals surface area contributed by atoms with Crippen LogP contribution in [-0.2, 0) is 4.74 Å². The molecular weight excluding hydrogens is 224 g/mol. The first-order chi connectivity index (χ1) is 8.22. The summed E-state index contributed by atoms with van der Waals surface area (Å²) in [7, 11) is 1.67. The van der Waals surface area contributed by atoms with Gasteiger partial charge in [-0.1, -0.05) is 0 Å². The first-order valence-corrected chi connectivity index (χ1v) is 5.58. The number of carbonyl (C=O) groups is 1. The van der Waals surface area contributed by atoms with Crippen molar-refractivity contribution in [2.45, 2.75) is 12.8 Å². The molecule has 7 nitrogen and oxygen atoms in total. The zero-order valence-electron chi connectivity index (χ0n) is 9.76. The van der Waals surface area contributed by atoms with Gasteiger partial charge in [0.1, 0.15) is 0 Å². The normalized spacial score (nSPS) is 20.5. The zero-order chi connectivity index (χ0) is 12.3. The molecular formula is C10H16N4O3. The molecule has 1 aromatic rings. The fraction of sp³-hybridized carbons (Fsp3) is 0.700. The number of ether oxygens (including phenoxy) is 1.